The van der Waals surface area contributed by atoms with Gasteiger partial charge in [-0.15, -0.1) is 13.2 Å². The van der Waals surface area contributed by atoms with Crippen LogP contribution >= 0.6 is 0 Å². The van der Waals surface area contributed by atoms with Gasteiger partial charge in [0.1, 0.15) is 0 Å². The van der Waals surface area contributed by atoms with Crippen LogP contribution in [-0.2, 0) is 0 Å². The maximum absolute atomic E-state index is 12.0. The van der Waals surface area contributed by atoms with E-state index in [9.17, 15) is 9.90 Å². The molecule has 2 N–H and O–H groups in total. The molecule has 5 nitrogen and oxygen atoms in total. The van der Waals surface area contributed by atoms with Crippen molar-refractivity contribution in [1.29, 1.82) is 0 Å². The third kappa shape index (κ3) is 3.74. The molecule has 0 unspecified atom stereocenters. The fraction of sp³-hybridized carbons (Fsp3) is 0.400. The van der Waals surface area contributed by atoms with Gasteiger partial charge in [0.25, 0.3) is 11.9 Å². The lowest BCUT2D eigenvalue weighted by atomic mass is 9.88. The van der Waals surface area contributed by atoms with E-state index in [0.29, 0.717) is 12.8 Å². The van der Waals surface area contributed by atoms with Gasteiger partial charge in [0.2, 0.25) is 0 Å². The zero-order valence-electron chi connectivity index (χ0n) is 11.9. The van der Waals surface area contributed by atoms with Crippen molar-refractivity contribution in [3.63, 3.8) is 0 Å². The Morgan fingerprint density at radius 2 is 2.10 bits per heavy atom. The predicted molar refractivity (Wildman–Crippen MR) is 76.8 cm³/mol. The van der Waals surface area contributed by atoms with Crippen LogP contribution in [0.3, 0.4) is 0 Å². The quantitative estimate of drug-likeness (QED) is 0.716. The second kappa shape index (κ2) is 6.96. The summed E-state index contributed by atoms with van der Waals surface area (Å²) >= 11 is 0. The lowest BCUT2D eigenvalue weighted by Gasteiger charge is -2.32. The number of methoxy groups -OCH3 is 1. The van der Waals surface area contributed by atoms with Gasteiger partial charge in [-0.3, -0.25) is 4.79 Å². The normalized spacial score (nSPS) is 12.6. The van der Waals surface area contributed by atoms with Crippen molar-refractivity contribution in [2.24, 2.45) is 0 Å². The Morgan fingerprint density at radius 3 is 2.55 bits per heavy atom. The lowest BCUT2D eigenvalue weighted by molar-refractivity contribution is 0.0123. The Balaban J connectivity index is 2.76. The van der Waals surface area contributed by atoms with E-state index >= 15 is 0 Å². The smallest absolute Gasteiger partial charge is 0.287 e. The van der Waals surface area contributed by atoms with Crippen LogP contribution in [-0.4, -0.2) is 29.8 Å². The number of hydrogen-bond acceptors (Lipinski definition) is 4. The highest BCUT2D eigenvalue weighted by Gasteiger charge is 2.33. The fourth-order valence-electron chi connectivity index (χ4n) is 1.89. The molecule has 0 saturated carbocycles. The van der Waals surface area contributed by atoms with E-state index in [4.69, 9.17) is 9.15 Å². The number of furan rings is 1. The Morgan fingerprint density at radius 1 is 1.50 bits per heavy atom. The van der Waals surface area contributed by atoms with E-state index in [-0.39, 0.29) is 11.7 Å². The van der Waals surface area contributed by atoms with Crippen LogP contribution in [0.2, 0.25) is 0 Å². The molecule has 5 heteroatoms. The molecule has 0 aliphatic heterocycles. The number of carbonyl (C=O) groups is 1. The summed E-state index contributed by atoms with van der Waals surface area (Å²) in [5, 5.41) is 13.2. The number of rotatable bonds is 8. The minimum absolute atomic E-state index is 0.133. The van der Waals surface area contributed by atoms with Gasteiger partial charge in [-0.2, -0.15) is 0 Å². The molecule has 1 rings (SSSR count). The zero-order valence-corrected chi connectivity index (χ0v) is 11.9. The molecule has 0 aliphatic carbocycles. The first-order valence-electron chi connectivity index (χ1n) is 6.35. The standard InChI is InChI=1S/C15H21NO4/c1-5-9-15(18,10-6-2)11(3)16-14(17)12-7-8-13(19-4)20-12/h5-8,11,18H,1-2,9-10H2,3-4H3,(H,16,17)/t11-/m0/s1. The molecule has 1 amide bonds. The highest BCUT2D eigenvalue weighted by atomic mass is 16.6. The number of hydrogen-bond donors (Lipinski definition) is 2. The molecular formula is C15H21NO4. The van der Waals surface area contributed by atoms with Gasteiger partial charge in [-0.05, 0) is 25.8 Å². The van der Waals surface area contributed by atoms with Crippen molar-refractivity contribution >= 4 is 5.91 Å². The maximum atomic E-state index is 12.0. The van der Waals surface area contributed by atoms with Crippen molar-refractivity contribution in [2.75, 3.05) is 7.11 Å². The Kier molecular flexibility index (Phi) is 5.58. The first kappa shape index (κ1) is 16.0. The van der Waals surface area contributed by atoms with Crippen LogP contribution < -0.4 is 10.1 Å². The van der Waals surface area contributed by atoms with E-state index in [1.165, 1.54) is 13.2 Å². The molecule has 0 aliphatic rings. The summed E-state index contributed by atoms with van der Waals surface area (Å²) in [5.41, 5.74) is -1.12. The van der Waals surface area contributed by atoms with Crippen molar-refractivity contribution in [2.45, 2.75) is 31.4 Å². The van der Waals surface area contributed by atoms with Gasteiger partial charge in [0.05, 0.1) is 18.8 Å². The lowest BCUT2D eigenvalue weighted by Crippen LogP contribution is -2.50. The first-order chi connectivity index (χ1) is 9.46. The molecule has 1 aromatic rings. The van der Waals surface area contributed by atoms with Crippen molar-refractivity contribution in [3.8, 4) is 5.95 Å². The van der Waals surface area contributed by atoms with Crippen molar-refractivity contribution in [1.82, 2.24) is 5.32 Å². The van der Waals surface area contributed by atoms with Crippen LogP contribution in [0, 0.1) is 0 Å². The predicted octanol–water partition coefficient (Wildman–Crippen LogP) is 2.29. The van der Waals surface area contributed by atoms with Crippen molar-refractivity contribution < 1.29 is 19.1 Å². The highest BCUT2D eigenvalue weighted by Crippen LogP contribution is 2.22. The molecule has 1 aromatic heterocycles. The van der Waals surface area contributed by atoms with Gasteiger partial charge in [-0.25, -0.2) is 0 Å². The summed E-state index contributed by atoms with van der Waals surface area (Å²) in [7, 11) is 1.45. The number of carbonyl (C=O) groups excluding carboxylic acids is 1. The molecule has 0 spiro atoms. The molecule has 0 radical (unpaired) electrons. The zero-order chi connectivity index (χ0) is 15.2. The maximum Gasteiger partial charge on any atom is 0.287 e. The van der Waals surface area contributed by atoms with E-state index in [1.54, 1.807) is 25.1 Å². The SMILES string of the molecule is C=CCC(O)(CC=C)[C@H](C)NC(=O)c1ccc(OC)o1. The Hall–Kier alpha value is -2.01. The molecule has 0 bridgehead atoms. The van der Waals surface area contributed by atoms with E-state index < -0.39 is 17.6 Å². The Bertz CT molecular complexity index is 468. The van der Waals surface area contributed by atoms with Gasteiger partial charge < -0.3 is 19.6 Å². The molecule has 0 fully saturated rings. The summed E-state index contributed by atoms with van der Waals surface area (Å²) in [6.45, 7) is 8.97. The highest BCUT2D eigenvalue weighted by molar-refractivity contribution is 5.91. The second-order valence-corrected chi connectivity index (χ2v) is 4.61. The van der Waals surface area contributed by atoms with Crippen molar-refractivity contribution in [3.05, 3.63) is 43.2 Å². The average Bonchev–Trinajstić information content (AvgIpc) is 2.88. The summed E-state index contributed by atoms with van der Waals surface area (Å²) in [6.07, 6.45) is 3.92. The first-order valence-corrected chi connectivity index (χ1v) is 6.35. The molecule has 20 heavy (non-hydrogen) atoms. The van der Waals surface area contributed by atoms with Crippen LogP contribution in [0.15, 0.2) is 41.9 Å². The van der Waals surface area contributed by atoms with Gasteiger partial charge in [-0.1, -0.05) is 12.2 Å². The number of nitrogens with one attached hydrogen (secondary N) is 1. The second-order valence-electron chi connectivity index (χ2n) is 4.61. The van der Waals surface area contributed by atoms with Crippen LogP contribution in [0.1, 0.15) is 30.3 Å². The van der Waals surface area contributed by atoms with Gasteiger partial charge >= 0.3 is 0 Å². The molecule has 1 heterocycles. The summed E-state index contributed by atoms with van der Waals surface area (Å²) in [4.78, 5) is 12.0. The van der Waals surface area contributed by atoms with Gasteiger partial charge in [0, 0.05) is 6.07 Å². The van der Waals surface area contributed by atoms with Gasteiger partial charge in [0.15, 0.2) is 5.76 Å². The molecule has 1 atom stereocenters. The fourth-order valence-corrected chi connectivity index (χ4v) is 1.89. The number of amides is 1. The van der Waals surface area contributed by atoms with Crippen LogP contribution in [0.25, 0.3) is 0 Å². The topological polar surface area (TPSA) is 71.7 Å². The van der Waals surface area contributed by atoms with E-state index in [1.807, 2.05) is 0 Å². The van der Waals surface area contributed by atoms with E-state index in [2.05, 4.69) is 18.5 Å². The molecule has 0 aromatic carbocycles. The molecule has 0 saturated heterocycles. The monoisotopic (exact) mass is 279 g/mol. The average molecular weight is 279 g/mol. The third-order valence-corrected chi connectivity index (χ3v) is 3.16. The summed E-state index contributed by atoms with van der Waals surface area (Å²) in [6, 6.07) is 2.59. The summed E-state index contributed by atoms with van der Waals surface area (Å²) < 4.78 is 10.0. The number of aliphatic hydroxyl groups is 1. The summed E-state index contributed by atoms with van der Waals surface area (Å²) in [5.74, 6) is -0.0177. The Labute approximate surface area is 118 Å². The van der Waals surface area contributed by atoms with Crippen LogP contribution in [0.5, 0.6) is 5.95 Å². The van der Waals surface area contributed by atoms with Crippen LogP contribution in [0.4, 0.5) is 0 Å². The number of ether oxygens (including phenoxy) is 1. The molecule has 110 valence electrons. The van der Waals surface area contributed by atoms with E-state index in [0.717, 1.165) is 0 Å². The largest absolute Gasteiger partial charge is 0.468 e. The molecular weight excluding hydrogens is 258 g/mol. The minimum Gasteiger partial charge on any atom is -0.468 e. The third-order valence-electron chi connectivity index (χ3n) is 3.16. The minimum atomic E-state index is -1.12.